The Morgan fingerprint density at radius 1 is 1.06 bits per heavy atom. The third kappa shape index (κ3) is 1.25. The molecule has 0 aliphatic carbocycles. The van der Waals surface area contributed by atoms with Gasteiger partial charge in [0.2, 0.25) is 5.71 Å². The Balaban J connectivity index is 2.35. The summed E-state index contributed by atoms with van der Waals surface area (Å²) in [5, 5.41) is 3.59. The molecule has 2 aromatic carbocycles. The summed E-state index contributed by atoms with van der Waals surface area (Å²) in [5.74, 6) is 0. The maximum Gasteiger partial charge on any atom is 0.246 e. The van der Waals surface area contributed by atoms with Crippen molar-refractivity contribution in [2.24, 2.45) is 0 Å². The first-order valence-corrected chi connectivity index (χ1v) is 5.93. The van der Waals surface area contributed by atoms with Gasteiger partial charge < -0.3 is 4.42 Å². The molecule has 0 saturated heterocycles. The first-order valence-electron chi connectivity index (χ1n) is 5.55. The lowest BCUT2D eigenvalue weighted by Crippen LogP contribution is -1.80. The summed E-state index contributed by atoms with van der Waals surface area (Å²) in [6.07, 6.45) is 1.49. The fourth-order valence-electron chi connectivity index (χ4n) is 2.28. The number of nitrogens with zero attached hydrogens (tertiary/aromatic N) is 2. The maximum atomic E-state index is 5.91. The van der Waals surface area contributed by atoms with Crippen LogP contribution in [-0.2, 0) is 0 Å². The largest absolute Gasteiger partial charge is 0.436 e. The second-order valence-electron chi connectivity index (χ2n) is 4.11. The van der Waals surface area contributed by atoms with Crippen molar-refractivity contribution in [2.45, 2.75) is 0 Å². The SMILES string of the molecule is Clc1cnc2oc3ccc4ccccc4c3c2n1. The quantitative estimate of drug-likeness (QED) is 0.472. The molecular weight excluding hydrogens is 248 g/mol. The smallest absolute Gasteiger partial charge is 0.246 e. The Kier molecular flexibility index (Phi) is 1.88. The van der Waals surface area contributed by atoms with Crippen LogP contribution < -0.4 is 0 Å². The van der Waals surface area contributed by atoms with Crippen molar-refractivity contribution in [1.82, 2.24) is 9.97 Å². The fourth-order valence-corrected chi connectivity index (χ4v) is 2.41. The molecule has 0 spiro atoms. The molecule has 0 fully saturated rings. The van der Waals surface area contributed by atoms with Crippen LogP contribution in [0.5, 0.6) is 0 Å². The topological polar surface area (TPSA) is 38.9 Å². The summed E-state index contributed by atoms with van der Waals surface area (Å²) in [6.45, 7) is 0. The van der Waals surface area contributed by atoms with E-state index in [1.807, 2.05) is 24.3 Å². The van der Waals surface area contributed by atoms with E-state index >= 15 is 0 Å². The first-order chi connectivity index (χ1) is 8.83. The summed E-state index contributed by atoms with van der Waals surface area (Å²) in [5.41, 5.74) is 2.02. The number of rotatable bonds is 0. The molecular formula is C14H7ClN2O. The zero-order valence-electron chi connectivity index (χ0n) is 9.22. The molecule has 2 heterocycles. The Morgan fingerprint density at radius 2 is 1.94 bits per heavy atom. The van der Waals surface area contributed by atoms with E-state index in [0.29, 0.717) is 16.4 Å². The van der Waals surface area contributed by atoms with Gasteiger partial charge >= 0.3 is 0 Å². The summed E-state index contributed by atoms with van der Waals surface area (Å²) in [6, 6.07) is 12.1. The van der Waals surface area contributed by atoms with E-state index < -0.39 is 0 Å². The van der Waals surface area contributed by atoms with E-state index in [-0.39, 0.29) is 0 Å². The fraction of sp³-hybridized carbons (Fsp3) is 0. The molecule has 0 atom stereocenters. The Hall–Kier alpha value is -2.13. The predicted octanol–water partition coefficient (Wildman–Crippen LogP) is 4.18. The maximum absolute atomic E-state index is 5.91. The van der Waals surface area contributed by atoms with Crippen molar-refractivity contribution in [1.29, 1.82) is 0 Å². The third-order valence-corrected chi connectivity index (χ3v) is 3.23. The van der Waals surface area contributed by atoms with Gasteiger partial charge in [-0.25, -0.2) is 9.97 Å². The molecule has 4 heteroatoms. The first kappa shape index (κ1) is 9.85. The van der Waals surface area contributed by atoms with Crippen LogP contribution in [0.1, 0.15) is 0 Å². The molecule has 4 aromatic rings. The van der Waals surface area contributed by atoms with E-state index in [9.17, 15) is 0 Å². The summed E-state index contributed by atoms with van der Waals surface area (Å²) < 4.78 is 5.68. The lowest BCUT2D eigenvalue weighted by molar-refractivity contribution is 0.653. The minimum Gasteiger partial charge on any atom is -0.436 e. The molecule has 86 valence electrons. The molecule has 2 aromatic heterocycles. The van der Waals surface area contributed by atoms with Gasteiger partial charge in [0.25, 0.3) is 0 Å². The standard InChI is InChI=1S/C14H7ClN2O/c15-11-7-16-14-13(17-11)12-9-4-2-1-3-8(9)5-6-10(12)18-14/h1-7H. The van der Waals surface area contributed by atoms with E-state index in [0.717, 1.165) is 21.7 Å². The molecule has 18 heavy (non-hydrogen) atoms. The number of aromatic nitrogens is 2. The average molecular weight is 255 g/mol. The van der Waals surface area contributed by atoms with E-state index in [4.69, 9.17) is 16.0 Å². The van der Waals surface area contributed by atoms with E-state index in [1.165, 1.54) is 6.20 Å². The summed E-state index contributed by atoms with van der Waals surface area (Å²) >= 11 is 5.91. The molecule has 0 unspecified atom stereocenters. The molecule has 0 aliphatic heterocycles. The van der Waals surface area contributed by atoms with Gasteiger partial charge in [0.1, 0.15) is 16.3 Å². The number of fused-ring (bicyclic) bond motifs is 5. The summed E-state index contributed by atoms with van der Waals surface area (Å²) in [4.78, 5) is 8.49. The lowest BCUT2D eigenvalue weighted by atomic mass is 10.1. The van der Waals surface area contributed by atoms with Crippen LogP contribution >= 0.6 is 11.6 Å². The average Bonchev–Trinajstić information content (AvgIpc) is 2.77. The Labute approximate surface area is 107 Å². The molecule has 0 bridgehead atoms. The highest BCUT2D eigenvalue weighted by atomic mass is 35.5. The van der Waals surface area contributed by atoms with Crippen molar-refractivity contribution in [3.8, 4) is 0 Å². The van der Waals surface area contributed by atoms with Gasteiger partial charge in [-0.3, -0.25) is 0 Å². The molecule has 0 N–H and O–H groups in total. The molecule has 0 aliphatic rings. The van der Waals surface area contributed by atoms with Gasteiger partial charge in [0.15, 0.2) is 0 Å². The minimum absolute atomic E-state index is 0.373. The Bertz CT molecular complexity index is 898. The highest BCUT2D eigenvalue weighted by molar-refractivity contribution is 6.30. The molecule has 0 radical (unpaired) electrons. The number of furan rings is 1. The lowest BCUT2D eigenvalue weighted by Gasteiger charge is -1.97. The zero-order chi connectivity index (χ0) is 12.1. The van der Waals surface area contributed by atoms with Gasteiger partial charge in [0.05, 0.1) is 11.6 Å². The van der Waals surface area contributed by atoms with Crippen molar-refractivity contribution >= 4 is 44.6 Å². The number of benzene rings is 2. The van der Waals surface area contributed by atoms with Gasteiger partial charge in [-0.1, -0.05) is 41.9 Å². The monoisotopic (exact) mass is 254 g/mol. The van der Waals surface area contributed by atoms with Crippen LogP contribution in [0, 0.1) is 0 Å². The van der Waals surface area contributed by atoms with Crippen LogP contribution in [0.25, 0.3) is 33.0 Å². The summed E-state index contributed by atoms with van der Waals surface area (Å²) in [7, 11) is 0. The van der Waals surface area contributed by atoms with Gasteiger partial charge in [0, 0.05) is 0 Å². The minimum atomic E-state index is 0.373. The van der Waals surface area contributed by atoms with Crippen LogP contribution in [0.2, 0.25) is 5.15 Å². The van der Waals surface area contributed by atoms with E-state index in [2.05, 4.69) is 22.1 Å². The number of hydrogen-bond acceptors (Lipinski definition) is 3. The van der Waals surface area contributed by atoms with E-state index in [1.54, 1.807) is 0 Å². The van der Waals surface area contributed by atoms with Gasteiger partial charge in [-0.05, 0) is 16.8 Å². The van der Waals surface area contributed by atoms with Crippen LogP contribution in [0.15, 0.2) is 47.0 Å². The second-order valence-corrected chi connectivity index (χ2v) is 4.50. The molecule has 3 nitrogen and oxygen atoms in total. The van der Waals surface area contributed by atoms with Crippen LogP contribution in [0.4, 0.5) is 0 Å². The highest BCUT2D eigenvalue weighted by Gasteiger charge is 2.12. The van der Waals surface area contributed by atoms with Crippen molar-refractivity contribution in [2.75, 3.05) is 0 Å². The Morgan fingerprint density at radius 3 is 2.89 bits per heavy atom. The van der Waals surface area contributed by atoms with Gasteiger partial charge in [-0.15, -0.1) is 0 Å². The van der Waals surface area contributed by atoms with Gasteiger partial charge in [-0.2, -0.15) is 0 Å². The third-order valence-electron chi connectivity index (χ3n) is 3.04. The highest BCUT2D eigenvalue weighted by Crippen LogP contribution is 2.32. The van der Waals surface area contributed by atoms with Crippen LogP contribution in [-0.4, -0.2) is 9.97 Å². The predicted molar refractivity (Wildman–Crippen MR) is 71.8 cm³/mol. The second kappa shape index (κ2) is 3.43. The molecule has 0 amide bonds. The normalized spacial score (nSPS) is 11.6. The zero-order valence-corrected chi connectivity index (χ0v) is 9.98. The number of hydrogen-bond donors (Lipinski definition) is 0. The molecule has 4 rings (SSSR count). The molecule has 0 saturated carbocycles. The van der Waals surface area contributed by atoms with Crippen molar-refractivity contribution in [3.63, 3.8) is 0 Å². The van der Waals surface area contributed by atoms with Crippen molar-refractivity contribution < 1.29 is 4.42 Å². The van der Waals surface area contributed by atoms with Crippen molar-refractivity contribution in [3.05, 3.63) is 47.7 Å². The number of halogens is 1. The van der Waals surface area contributed by atoms with Crippen LogP contribution in [0.3, 0.4) is 0 Å².